The molecule has 1 atom stereocenters. The van der Waals surface area contributed by atoms with Crippen molar-refractivity contribution in [1.82, 2.24) is 15.5 Å². The summed E-state index contributed by atoms with van der Waals surface area (Å²) in [4.78, 5) is 25.7. The van der Waals surface area contributed by atoms with Gasteiger partial charge in [0, 0.05) is 26.7 Å². The molecule has 1 saturated heterocycles. The minimum absolute atomic E-state index is 0.119. The molecule has 5 nitrogen and oxygen atoms in total. The number of piperazine rings is 1. The summed E-state index contributed by atoms with van der Waals surface area (Å²) in [5.41, 5.74) is 0.741. The number of nitrogens with zero attached hydrogens (tertiary/aromatic N) is 1. The van der Waals surface area contributed by atoms with Gasteiger partial charge in [0.05, 0.1) is 6.42 Å². The van der Waals surface area contributed by atoms with Crippen LogP contribution in [0.4, 0.5) is 4.39 Å². The number of benzene rings is 1. The highest BCUT2D eigenvalue weighted by Crippen LogP contribution is 2.10. The van der Waals surface area contributed by atoms with Gasteiger partial charge < -0.3 is 15.5 Å². The maximum Gasteiger partial charge on any atom is 0.243 e. The Bertz CT molecular complexity index is 490. The first-order valence-corrected chi connectivity index (χ1v) is 6.58. The van der Waals surface area contributed by atoms with E-state index >= 15 is 0 Å². The lowest BCUT2D eigenvalue weighted by Gasteiger charge is -2.35. The summed E-state index contributed by atoms with van der Waals surface area (Å²) in [5, 5.41) is 5.67. The number of amides is 2. The van der Waals surface area contributed by atoms with Gasteiger partial charge in [0.1, 0.15) is 11.9 Å². The van der Waals surface area contributed by atoms with Gasteiger partial charge in [-0.1, -0.05) is 12.1 Å². The largest absolute Gasteiger partial charge is 0.357 e. The summed E-state index contributed by atoms with van der Waals surface area (Å²) in [6.45, 7) is 1.62. The Balaban J connectivity index is 2.05. The van der Waals surface area contributed by atoms with Gasteiger partial charge in [-0.3, -0.25) is 9.59 Å². The lowest BCUT2D eigenvalue weighted by Crippen LogP contribution is -2.59. The van der Waals surface area contributed by atoms with Crippen LogP contribution >= 0.6 is 0 Å². The Morgan fingerprint density at radius 1 is 1.40 bits per heavy atom. The van der Waals surface area contributed by atoms with Gasteiger partial charge in [-0.2, -0.15) is 0 Å². The Labute approximate surface area is 117 Å². The Hall–Kier alpha value is -1.95. The molecular weight excluding hydrogens is 261 g/mol. The minimum atomic E-state index is -0.485. The highest BCUT2D eigenvalue weighted by Gasteiger charge is 2.31. The molecule has 1 fully saturated rings. The van der Waals surface area contributed by atoms with Crippen molar-refractivity contribution in [1.29, 1.82) is 0 Å². The van der Waals surface area contributed by atoms with Crippen molar-refractivity contribution in [2.24, 2.45) is 0 Å². The molecule has 2 rings (SSSR count). The number of hydrogen-bond acceptors (Lipinski definition) is 3. The number of halogens is 1. The molecule has 0 bridgehead atoms. The average Bonchev–Trinajstić information content (AvgIpc) is 2.48. The van der Waals surface area contributed by atoms with Gasteiger partial charge in [-0.15, -0.1) is 0 Å². The van der Waals surface area contributed by atoms with Gasteiger partial charge >= 0.3 is 0 Å². The van der Waals surface area contributed by atoms with Crippen LogP contribution in [0.25, 0.3) is 0 Å². The Morgan fingerprint density at radius 2 is 2.10 bits per heavy atom. The van der Waals surface area contributed by atoms with Crippen LogP contribution in [0.15, 0.2) is 24.3 Å². The van der Waals surface area contributed by atoms with Crippen LogP contribution in [-0.2, 0) is 16.0 Å². The highest BCUT2D eigenvalue weighted by molar-refractivity contribution is 5.88. The van der Waals surface area contributed by atoms with Crippen LogP contribution < -0.4 is 10.6 Å². The van der Waals surface area contributed by atoms with Crippen LogP contribution in [0.1, 0.15) is 5.56 Å². The van der Waals surface area contributed by atoms with Crippen molar-refractivity contribution in [2.75, 3.05) is 26.7 Å². The lowest BCUT2D eigenvalue weighted by atomic mass is 10.1. The molecule has 20 heavy (non-hydrogen) atoms. The topological polar surface area (TPSA) is 61.4 Å². The molecule has 1 aromatic carbocycles. The van der Waals surface area contributed by atoms with Crippen LogP contribution in [0.5, 0.6) is 0 Å². The van der Waals surface area contributed by atoms with E-state index in [1.54, 1.807) is 24.1 Å². The molecule has 0 unspecified atom stereocenters. The van der Waals surface area contributed by atoms with Crippen LogP contribution in [0, 0.1) is 5.82 Å². The third-order valence-electron chi connectivity index (χ3n) is 3.38. The molecule has 108 valence electrons. The second kappa shape index (κ2) is 6.47. The smallest absolute Gasteiger partial charge is 0.243 e. The van der Waals surface area contributed by atoms with Crippen molar-refractivity contribution in [3.05, 3.63) is 35.6 Å². The first-order chi connectivity index (χ1) is 9.61. The van der Waals surface area contributed by atoms with E-state index in [4.69, 9.17) is 0 Å². The lowest BCUT2D eigenvalue weighted by molar-refractivity contribution is -0.140. The number of nitrogens with one attached hydrogen (secondary N) is 2. The molecule has 1 heterocycles. The van der Waals surface area contributed by atoms with Gasteiger partial charge in [0.15, 0.2) is 0 Å². The normalized spacial score (nSPS) is 18.7. The molecule has 0 aliphatic carbocycles. The predicted octanol–water partition coefficient (Wildman–Crippen LogP) is -0.0854. The van der Waals surface area contributed by atoms with Gasteiger partial charge in [-0.05, 0) is 17.7 Å². The summed E-state index contributed by atoms with van der Waals surface area (Å²) >= 11 is 0. The molecular formula is C14H18FN3O2. The second-order valence-corrected chi connectivity index (χ2v) is 4.72. The number of rotatable bonds is 3. The van der Waals surface area contributed by atoms with E-state index in [1.165, 1.54) is 12.1 Å². The zero-order chi connectivity index (χ0) is 14.5. The molecule has 1 aliphatic rings. The highest BCUT2D eigenvalue weighted by atomic mass is 19.1. The van der Waals surface area contributed by atoms with E-state index < -0.39 is 6.04 Å². The fraction of sp³-hybridized carbons (Fsp3) is 0.429. The summed E-state index contributed by atoms with van der Waals surface area (Å²) in [5.74, 6) is -0.622. The predicted molar refractivity (Wildman–Crippen MR) is 72.5 cm³/mol. The van der Waals surface area contributed by atoms with Gasteiger partial charge in [-0.25, -0.2) is 4.39 Å². The third kappa shape index (κ3) is 3.33. The number of hydrogen-bond donors (Lipinski definition) is 2. The minimum Gasteiger partial charge on any atom is -0.357 e. The fourth-order valence-corrected chi connectivity index (χ4v) is 2.28. The number of carbonyl (C=O) groups excluding carboxylic acids is 2. The molecule has 1 aromatic rings. The third-order valence-corrected chi connectivity index (χ3v) is 3.38. The zero-order valence-corrected chi connectivity index (χ0v) is 11.4. The summed E-state index contributed by atoms with van der Waals surface area (Å²) in [6.07, 6.45) is 0.174. The molecule has 2 amide bonds. The van der Waals surface area contributed by atoms with Crippen LogP contribution in [0.3, 0.4) is 0 Å². The summed E-state index contributed by atoms with van der Waals surface area (Å²) in [7, 11) is 1.56. The molecule has 1 aliphatic heterocycles. The van der Waals surface area contributed by atoms with Crippen molar-refractivity contribution in [3.8, 4) is 0 Å². The first-order valence-electron chi connectivity index (χ1n) is 6.58. The SMILES string of the molecule is CNC(=O)[C@H]1CNCCN1C(=O)Cc1ccc(F)cc1. The van der Waals surface area contributed by atoms with E-state index in [0.717, 1.165) is 5.56 Å². The zero-order valence-electron chi connectivity index (χ0n) is 11.4. The maximum atomic E-state index is 12.8. The number of likely N-dealkylation sites (N-methyl/N-ethyl adjacent to an activating group) is 1. The van der Waals surface area contributed by atoms with E-state index in [1.807, 2.05) is 0 Å². The van der Waals surface area contributed by atoms with Gasteiger partial charge in [0.2, 0.25) is 11.8 Å². The number of carbonyl (C=O) groups is 2. The maximum absolute atomic E-state index is 12.8. The molecule has 0 aromatic heterocycles. The van der Waals surface area contributed by atoms with E-state index in [0.29, 0.717) is 19.6 Å². The van der Waals surface area contributed by atoms with Crippen LogP contribution in [0.2, 0.25) is 0 Å². The first kappa shape index (κ1) is 14.5. The van der Waals surface area contributed by atoms with Gasteiger partial charge in [0.25, 0.3) is 0 Å². The molecule has 0 spiro atoms. The van der Waals surface area contributed by atoms with Crippen molar-refractivity contribution < 1.29 is 14.0 Å². The van der Waals surface area contributed by atoms with E-state index in [-0.39, 0.29) is 24.1 Å². The second-order valence-electron chi connectivity index (χ2n) is 4.72. The molecule has 0 radical (unpaired) electrons. The Kier molecular flexibility index (Phi) is 4.68. The molecule has 6 heteroatoms. The molecule has 0 saturated carbocycles. The Morgan fingerprint density at radius 3 is 2.75 bits per heavy atom. The fourth-order valence-electron chi connectivity index (χ4n) is 2.28. The van der Waals surface area contributed by atoms with Crippen molar-refractivity contribution in [2.45, 2.75) is 12.5 Å². The van der Waals surface area contributed by atoms with E-state index in [9.17, 15) is 14.0 Å². The van der Waals surface area contributed by atoms with Crippen LogP contribution in [-0.4, -0.2) is 49.4 Å². The standard InChI is InChI=1S/C14H18FN3O2/c1-16-14(20)12-9-17-6-7-18(12)13(19)8-10-2-4-11(15)5-3-10/h2-5,12,17H,6-9H2,1H3,(H,16,20)/t12-/m1/s1. The average molecular weight is 279 g/mol. The quantitative estimate of drug-likeness (QED) is 0.813. The monoisotopic (exact) mass is 279 g/mol. The summed E-state index contributed by atoms with van der Waals surface area (Å²) in [6, 6.07) is 5.35. The summed E-state index contributed by atoms with van der Waals surface area (Å²) < 4.78 is 12.8. The van der Waals surface area contributed by atoms with Crippen molar-refractivity contribution in [3.63, 3.8) is 0 Å². The van der Waals surface area contributed by atoms with Crippen molar-refractivity contribution >= 4 is 11.8 Å². The van der Waals surface area contributed by atoms with E-state index in [2.05, 4.69) is 10.6 Å². The molecule has 2 N–H and O–H groups in total.